The summed E-state index contributed by atoms with van der Waals surface area (Å²) in [4.78, 5) is 12.3. The molecule has 4 heteroatoms. The normalized spacial score (nSPS) is 15.0. The third kappa shape index (κ3) is 3.32. The van der Waals surface area contributed by atoms with Crippen LogP contribution in [0.2, 0.25) is 0 Å². The first-order valence-corrected chi connectivity index (χ1v) is 5.98. The first-order chi connectivity index (χ1) is 8.56. The van der Waals surface area contributed by atoms with Gasteiger partial charge in [0.05, 0.1) is 5.69 Å². The van der Waals surface area contributed by atoms with Gasteiger partial charge in [0.25, 0.3) is 0 Å². The average Bonchev–Trinajstić information content (AvgIpc) is 3.10. The minimum Gasteiger partial charge on any atom is -0.478 e. The predicted molar refractivity (Wildman–Crippen MR) is 69.1 cm³/mol. The van der Waals surface area contributed by atoms with Gasteiger partial charge in [-0.1, -0.05) is 6.07 Å². The summed E-state index contributed by atoms with van der Waals surface area (Å²) in [7, 11) is 1.88. The van der Waals surface area contributed by atoms with Gasteiger partial charge in [0.15, 0.2) is 0 Å². The van der Waals surface area contributed by atoms with Crippen LogP contribution in [-0.2, 0) is 4.79 Å². The maximum Gasteiger partial charge on any atom is 0.328 e. The fourth-order valence-corrected chi connectivity index (χ4v) is 1.89. The Labute approximate surface area is 106 Å². The Morgan fingerprint density at radius 1 is 1.56 bits per heavy atom. The first kappa shape index (κ1) is 12.6. The molecular formula is C14H16FNO2. The fraction of sp³-hybridized carbons (Fsp3) is 0.357. The molecule has 0 heterocycles. The number of benzene rings is 1. The van der Waals surface area contributed by atoms with Gasteiger partial charge in [-0.25, -0.2) is 9.18 Å². The molecular weight excluding hydrogens is 233 g/mol. The molecule has 1 fully saturated rings. The van der Waals surface area contributed by atoms with Crippen molar-refractivity contribution >= 4 is 17.7 Å². The summed E-state index contributed by atoms with van der Waals surface area (Å²) >= 11 is 0. The molecule has 0 saturated heterocycles. The van der Waals surface area contributed by atoms with Gasteiger partial charge in [0.2, 0.25) is 0 Å². The van der Waals surface area contributed by atoms with Gasteiger partial charge >= 0.3 is 5.97 Å². The minimum atomic E-state index is -1.04. The molecule has 1 aromatic rings. The van der Waals surface area contributed by atoms with E-state index in [-0.39, 0.29) is 5.82 Å². The number of carboxylic acids is 1. The summed E-state index contributed by atoms with van der Waals surface area (Å²) in [6.07, 6.45) is 4.84. The molecule has 96 valence electrons. The highest BCUT2D eigenvalue weighted by Crippen LogP contribution is 2.31. The van der Waals surface area contributed by atoms with Gasteiger partial charge in [-0.3, -0.25) is 0 Å². The Kier molecular flexibility index (Phi) is 3.65. The minimum absolute atomic E-state index is 0.314. The van der Waals surface area contributed by atoms with Crippen molar-refractivity contribution in [1.82, 2.24) is 0 Å². The SMILES string of the molecule is CN(CC1CC1)c1ccc(/C=C/C(=O)O)cc1F. The monoisotopic (exact) mass is 249 g/mol. The molecule has 18 heavy (non-hydrogen) atoms. The summed E-state index contributed by atoms with van der Waals surface area (Å²) in [6, 6.07) is 4.78. The number of carboxylic acid groups (broad SMARTS) is 1. The number of anilines is 1. The van der Waals surface area contributed by atoms with Crippen molar-refractivity contribution in [2.45, 2.75) is 12.8 Å². The van der Waals surface area contributed by atoms with Crippen LogP contribution < -0.4 is 4.90 Å². The highest BCUT2D eigenvalue weighted by atomic mass is 19.1. The number of aliphatic carboxylic acids is 1. The molecule has 0 atom stereocenters. The molecule has 1 aliphatic rings. The van der Waals surface area contributed by atoms with Crippen LogP contribution in [0, 0.1) is 11.7 Å². The van der Waals surface area contributed by atoms with Crippen LogP contribution in [0.3, 0.4) is 0 Å². The lowest BCUT2D eigenvalue weighted by molar-refractivity contribution is -0.131. The van der Waals surface area contributed by atoms with Crippen molar-refractivity contribution in [2.24, 2.45) is 5.92 Å². The van der Waals surface area contributed by atoms with Gasteiger partial charge in [0, 0.05) is 19.7 Å². The van der Waals surface area contributed by atoms with Crippen LogP contribution in [0.1, 0.15) is 18.4 Å². The lowest BCUT2D eigenvalue weighted by Gasteiger charge is -2.19. The molecule has 1 N–H and O–H groups in total. The van der Waals surface area contributed by atoms with Crippen molar-refractivity contribution in [3.05, 3.63) is 35.7 Å². The number of hydrogen-bond donors (Lipinski definition) is 1. The second-order valence-corrected chi connectivity index (χ2v) is 4.71. The van der Waals surface area contributed by atoms with Gasteiger partial charge < -0.3 is 10.0 Å². The van der Waals surface area contributed by atoms with E-state index in [2.05, 4.69) is 0 Å². The summed E-state index contributed by atoms with van der Waals surface area (Å²) in [5.74, 6) is -0.656. The van der Waals surface area contributed by atoms with Crippen LogP contribution in [0.25, 0.3) is 6.08 Å². The second-order valence-electron chi connectivity index (χ2n) is 4.71. The molecule has 3 nitrogen and oxygen atoms in total. The molecule has 0 aliphatic heterocycles. The van der Waals surface area contributed by atoms with E-state index in [1.165, 1.54) is 25.0 Å². The Balaban J connectivity index is 2.10. The maximum atomic E-state index is 13.9. The highest BCUT2D eigenvalue weighted by molar-refractivity contribution is 5.85. The topological polar surface area (TPSA) is 40.5 Å². The zero-order valence-corrected chi connectivity index (χ0v) is 10.3. The zero-order valence-electron chi connectivity index (χ0n) is 10.3. The van der Waals surface area contributed by atoms with Crippen molar-refractivity contribution in [2.75, 3.05) is 18.5 Å². The first-order valence-electron chi connectivity index (χ1n) is 5.98. The van der Waals surface area contributed by atoms with E-state index in [0.717, 1.165) is 12.6 Å². The summed E-state index contributed by atoms with van der Waals surface area (Å²) in [5, 5.41) is 8.50. The number of carbonyl (C=O) groups is 1. The average molecular weight is 249 g/mol. The number of rotatable bonds is 5. The Hall–Kier alpha value is -1.84. The summed E-state index contributed by atoms with van der Waals surface area (Å²) in [6.45, 7) is 0.876. The van der Waals surface area contributed by atoms with E-state index in [1.54, 1.807) is 12.1 Å². The summed E-state index contributed by atoms with van der Waals surface area (Å²) in [5.41, 5.74) is 1.12. The van der Waals surface area contributed by atoms with Crippen LogP contribution in [0.5, 0.6) is 0 Å². The van der Waals surface area contributed by atoms with E-state index >= 15 is 0 Å². The van der Waals surface area contributed by atoms with Crippen LogP contribution in [0.4, 0.5) is 10.1 Å². The molecule has 0 amide bonds. The maximum absolute atomic E-state index is 13.9. The molecule has 0 bridgehead atoms. The van der Waals surface area contributed by atoms with Crippen molar-refractivity contribution in [1.29, 1.82) is 0 Å². The lowest BCUT2D eigenvalue weighted by atomic mass is 10.1. The largest absolute Gasteiger partial charge is 0.478 e. The number of nitrogens with zero attached hydrogens (tertiary/aromatic N) is 1. The van der Waals surface area contributed by atoms with Crippen LogP contribution in [0.15, 0.2) is 24.3 Å². The number of hydrogen-bond acceptors (Lipinski definition) is 2. The predicted octanol–water partition coefficient (Wildman–Crippen LogP) is 2.77. The van der Waals surface area contributed by atoms with E-state index in [0.29, 0.717) is 17.2 Å². The lowest BCUT2D eigenvalue weighted by Crippen LogP contribution is -2.21. The molecule has 1 aromatic carbocycles. The second kappa shape index (κ2) is 5.21. The van der Waals surface area contributed by atoms with E-state index < -0.39 is 5.97 Å². The molecule has 1 aliphatic carbocycles. The molecule has 0 radical (unpaired) electrons. The summed E-state index contributed by atoms with van der Waals surface area (Å²) < 4.78 is 13.9. The Morgan fingerprint density at radius 2 is 2.28 bits per heavy atom. The molecule has 2 rings (SSSR count). The molecule has 0 unspecified atom stereocenters. The van der Waals surface area contributed by atoms with Gasteiger partial charge in [-0.05, 0) is 42.5 Å². The van der Waals surface area contributed by atoms with Gasteiger partial charge in [0.1, 0.15) is 5.82 Å². The van der Waals surface area contributed by atoms with Crippen molar-refractivity contribution in [3.63, 3.8) is 0 Å². The molecule has 0 spiro atoms. The van der Waals surface area contributed by atoms with E-state index in [9.17, 15) is 9.18 Å². The van der Waals surface area contributed by atoms with Crippen molar-refractivity contribution in [3.8, 4) is 0 Å². The van der Waals surface area contributed by atoms with E-state index in [4.69, 9.17) is 5.11 Å². The zero-order chi connectivity index (χ0) is 13.1. The quantitative estimate of drug-likeness (QED) is 0.816. The highest BCUT2D eigenvalue weighted by Gasteiger charge is 2.23. The van der Waals surface area contributed by atoms with Crippen molar-refractivity contribution < 1.29 is 14.3 Å². The Bertz CT molecular complexity index is 481. The van der Waals surface area contributed by atoms with Crippen LogP contribution in [-0.4, -0.2) is 24.7 Å². The van der Waals surface area contributed by atoms with Crippen LogP contribution >= 0.6 is 0 Å². The molecule has 0 aromatic heterocycles. The smallest absolute Gasteiger partial charge is 0.328 e. The third-order valence-corrected chi connectivity index (χ3v) is 3.03. The standard InChI is InChI=1S/C14H16FNO2/c1-16(9-11-2-3-11)13-6-4-10(8-12(13)15)5-7-14(17)18/h4-8,11H,2-3,9H2,1H3,(H,17,18)/b7-5+. The molecule has 1 saturated carbocycles. The number of halogens is 1. The fourth-order valence-electron chi connectivity index (χ4n) is 1.89. The van der Waals surface area contributed by atoms with E-state index in [1.807, 2.05) is 11.9 Å². The third-order valence-electron chi connectivity index (χ3n) is 3.03. The Morgan fingerprint density at radius 3 is 2.83 bits per heavy atom. The van der Waals surface area contributed by atoms with Gasteiger partial charge in [-0.2, -0.15) is 0 Å². The van der Waals surface area contributed by atoms with Gasteiger partial charge in [-0.15, -0.1) is 0 Å².